The average Bonchev–Trinajstić information content (AvgIpc) is 3.25. The number of aromatic nitrogens is 5. The molecule has 35 heavy (non-hydrogen) atoms. The van der Waals surface area contributed by atoms with Gasteiger partial charge in [0, 0.05) is 75.8 Å². The molecule has 1 saturated heterocycles. The predicted octanol–water partition coefficient (Wildman–Crippen LogP) is 3.40. The lowest BCUT2D eigenvalue weighted by Crippen LogP contribution is -2.42. The lowest BCUT2D eigenvalue weighted by molar-refractivity contribution is 0.233. The molecule has 4 heterocycles. The number of rotatable bonds is 7. The number of pyridine rings is 1. The van der Waals surface area contributed by atoms with Crippen molar-refractivity contribution in [3.05, 3.63) is 66.0 Å². The van der Waals surface area contributed by atoms with E-state index in [1.807, 2.05) is 6.20 Å². The summed E-state index contributed by atoms with van der Waals surface area (Å²) in [4.78, 5) is 26.7. The molecule has 2 N–H and O–H groups in total. The highest BCUT2D eigenvalue weighted by molar-refractivity contribution is 5.81. The second-order valence-electron chi connectivity index (χ2n) is 9.73. The van der Waals surface area contributed by atoms with Gasteiger partial charge in [-0.1, -0.05) is 6.07 Å². The van der Waals surface area contributed by atoms with Gasteiger partial charge in [-0.05, 0) is 49.1 Å². The molecule has 0 bridgehead atoms. The molecule has 4 aromatic rings. The van der Waals surface area contributed by atoms with Crippen LogP contribution in [0, 0.1) is 0 Å². The first kappa shape index (κ1) is 22.1. The van der Waals surface area contributed by atoms with Crippen LogP contribution in [0.5, 0.6) is 0 Å². The van der Waals surface area contributed by atoms with Crippen LogP contribution in [0.3, 0.4) is 0 Å². The smallest absolute Gasteiger partial charge is 0.132 e. The maximum Gasteiger partial charge on any atom is 0.132 e. The lowest BCUT2D eigenvalue weighted by Gasteiger charge is -2.35. The minimum absolute atomic E-state index is 0.597. The third-order valence-corrected chi connectivity index (χ3v) is 7.31. The summed E-state index contributed by atoms with van der Waals surface area (Å²) in [5.74, 6) is 1.91. The van der Waals surface area contributed by atoms with Crippen molar-refractivity contribution in [1.82, 2.24) is 35.1 Å². The molecule has 2 aliphatic rings. The predicted molar refractivity (Wildman–Crippen MR) is 138 cm³/mol. The van der Waals surface area contributed by atoms with Gasteiger partial charge in [0.25, 0.3) is 0 Å². The highest BCUT2D eigenvalue weighted by Gasteiger charge is 2.23. The summed E-state index contributed by atoms with van der Waals surface area (Å²) in [6.45, 7) is 5.28. The summed E-state index contributed by atoms with van der Waals surface area (Å²) < 4.78 is 0. The van der Waals surface area contributed by atoms with E-state index in [2.05, 4.69) is 78.5 Å². The number of hydrogen-bond acceptors (Lipinski definition) is 7. The van der Waals surface area contributed by atoms with Crippen molar-refractivity contribution in [1.29, 1.82) is 0 Å². The molecule has 0 spiro atoms. The molecule has 0 radical (unpaired) electrons. The van der Waals surface area contributed by atoms with Gasteiger partial charge in [-0.25, -0.2) is 15.0 Å². The zero-order valence-electron chi connectivity index (χ0n) is 20.2. The van der Waals surface area contributed by atoms with Crippen LogP contribution in [0.15, 0.2) is 48.9 Å². The lowest BCUT2D eigenvalue weighted by atomic mass is 9.92. The topological polar surface area (TPSA) is 85.9 Å². The van der Waals surface area contributed by atoms with Gasteiger partial charge in [0.15, 0.2) is 0 Å². The highest BCUT2D eigenvalue weighted by Crippen LogP contribution is 2.29. The molecule has 180 valence electrons. The van der Waals surface area contributed by atoms with Crippen LogP contribution in [0.25, 0.3) is 22.3 Å². The first-order chi connectivity index (χ1) is 17.2. The number of aromatic amines is 1. The van der Waals surface area contributed by atoms with E-state index >= 15 is 0 Å². The first-order valence-corrected chi connectivity index (χ1v) is 12.6. The highest BCUT2D eigenvalue weighted by atomic mass is 15.2. The van der Waals surface area contributed by atoms with Crippen molar-refractivity contribution in [2.75, 3.05) is 38.1 Å². The second-order valence-corrected chi connectivity index (χ2v) is 9.73. The van der Waals surface area contributed by atoms with Crippen molar-refractivity contribution in [2.24, 2.45) is 0 Å². The van der Waals surface area contributed by atoms with Crippen LogP contribution < -0.4 is 10.2 Å². The van der Waals surface area contributed by atoms with Gasteiger partial charge >= 0.3 is 0 Å². The second kappa shape index (κ2) is 9.71. The molecule has 0 amide bonds. The maximum atomic E-state index is 4.82. The van der Waals surface area contributed by atoms with Crippen LogP contribution in [-0.2, 0) is 13.0 Å². The van der Waals surface area contributed by atoms with E-state index < -0.39 is 0 Å². The van der Waals surface area contributed by atoms with E-state index in [1.54, 1.807) is 6.33 Å². The van der Waals surface area contributed by atoms with E-state index in [-0.39, 0.29) is 0 Å². The molecule has 6 rings (SSSR count). The number of imidazole rings is 1. The monoisotopic (exact) mass is 468 g/mol. The Morgan fingerprint density at radius 1 is 1.03 bits per heavy atom. The van der Waals surface area contributed by atoms with Crippen molar-refractivity contribution in [2.45, 2.75) is 38.3 Å². The first-order valence-electron chi connectivity index (χ1n) is 12.6. The number of nitrogens with zero attached hydrogens (tertiary/aromatic N) is 6. The fourth-order valence-electron chi connectivity index (χ4n) is 4.99. The van der Waals surface area contributed by atoms with Gasteiger partial charge < -0.3 is 15.2 Å². The third-order valence-electron chi connectivity index (χ3n) is 7.31. The molecular weight excluding hydrogens is 436 g/mol. The average molecular weight is 469 g/mol. The Morgan fingerprint density at radius 2 is 1.91 bits per heavy atom. The Bertz CT molecular complexity index is 1310. The molecule has 8 nitrogen and oxygen atoms in total. The molecule has 1 aromatic carbocycles. The molecule has 0 unspecified atom stereocenters. The Labute approximate surface area is 205 Å². The van der Waals surface area contributed by atoms with Crippen molar-refractivity contribution < 1.29 is 0 Å². The quantitative estimate of drug-likeness (QED) is 0.430. The molecule has 2 fully saturated rings. The minimum Gasteiger partial charge on any atom is -0.357 e. The Morgan fingerprint density at radius 3 is 2.74 bits per heavy atom. The fraction of sp³-hybridized carbons (Fsp3) is 0.407. The van der Waals surface area contributed by atoms with Crippen LogP contribution in [0.2, 0.25) is 0 Å². The SMILES string of the molecule is CN(c1cc(-c2ccc3nc(Cc4cc(CN5CCNCC5)ccn4)[nH]c3c2)ncn1)C1CCC1. The van der Waals surface area contributed by atoms with Crippen molar-refractivity contribution in [3.8, 4) is 11.3 Å². The van der Waals surface area contributed by atoms with Gasteiger partial charge in [0.05, 0.1) is 16.7 Å². The summed E-state index contributed by atoms with van der Waals surface area (Å²) in [6, 6.07) is 13.3. The Kier molecular flexibility index (Phi) is 6.14. The molecule has 8 heteroatoms. The van der Waals surface area contributed by atoms with Crippen LogP contribution in [-0.4, -0.2) is 69.1 Å². The van der Waals surface area contributed by atoms with Crippen molar-refractivity contribution in [3.63, 3.8) is 0 Å². The molecule has 0 atom stereocenters. The molecule has 3 aromatic heterocycles. The summed E-state index contributed by atoms with van der Waals surface area (Å²) in [5, 5.41) is 3.41. The molecule has 1 aliphatic heterocycles. The molecular formula is C27H32N8. The third kappa shape index (κ3) is 4.90. The zero-order valence-corrected chi connectivity index (χ0v) is 20.2. The Balaban J connectivity index is 1.19. The summed E-state index contributed by atoms with van der Waals surface area (Å²) in [7, 11) is 2.13. The number of nitrogens with one attached hydrogen (secondary N) is 2. The van der Waals surface area contributed by atoms with E-state index in [0.29, 0.717) is 12.5 Å². The molecule has 1 aliphatic carbocycles. The number of fused-ring (bicyclic) bond motifs is 1. The fourth-order valence-corrected chi connectivity index (χ4v) is 4.99. The normalized spacial score (nSPS) is 16.9. The van der Waals surface area contributed by atoms with E-state index in [4.69, 9.17) is 4.98 Å². The van der Waals surface area contributed by atoms with Crippen LogP contribution >= 0.6 is 0 Å². The van der Waals surface area contributed by atoms with Crippen LogP contribution in [0.1, 0.15) is 36.3 Å². The number of H-pyrrole nitrogens is 1. The van der Waals surface area contributed by atoms with E-state index in [9.17, 15) is 0 Å². The maximum absolute atomic E-state index is 4.82. The summed E-state index contributed by atoms with van der Waals surface area (Å²) in [6.07, 6.45) is 8.06. The minimum atomic E-state index is 0.597. The van der Waals surface area contributed by atoms with Gasteiger partial charge in [-0.15, -0.1) is 0 Å². The van der Waals surface area contributed by atoms with Gasteiger partial charge in [-0.2, -0.15) is 0 Å². The number of hydrogen-bond donors (Lipinski definition) is 2. The largest absolute Gasteiger partial charge is 0.357 e. The summed E-state index contributed by atoms with van der Waals surface area (Å²) >= 11 is 0. The number of anilines is 1. The van der Waals surface area contributed by atoms with E-state index in [0.717, 1.165) is 72.4 Å². The number of benzene rings is 1. The summed E-state index contributed by atoms with van der Waals surface area (Å²) in [5.41, 5.74) is 6.32. The Hall–Kier alpha value is -3.36. The van der Waals surface area contributed by atoms with Gasteiger partial charge in [-0.3, -0.25) is 9.88 Å². The van der Waals surface area contributed by atoms with Crippen molar-refractivity contribution >= 4 is 16.9 Å². The van der Waals surface area contributed by atoms with Gasteiger partial charge in [0.2, 0.25) is 0 Å². The van der Waals surface area contributed by atoms with E-state index in [1.165, 1.54) is 24.8 Å². The van der Waals surface area contributed by atoms with Gasteiger partial charge in [0.1, 0.15) is 18.0 Å². The number of piperazine rings is 1. The van der Waals surface area contributed by atoms with Crippen LogP contribution in [0.4, 0.5) is 5.82 Å². The molecule has 1 saturated carbocycles. The standard InChI is InChI=1S/C27H32N8/c1-34(22-3-2-4-22)27-16-24(30-18-31-27)20-5-6-23-25(14-20)33-26(32-23)15-21-13-19(7-8-29-21)17-35-11-9-28-10-12-35/h5-8,13-14,16,18,22,28H,2-4,9-12,15,17H2,1H3,(H,32,33). The zero-order chi connectivity index (χ0) is 23.6.